The molecule has 0 aromatic rings. The lowest BCUT2D eigenvalue weighted by Gasteiger charge is -2.36. The molecule has 5 aliphatic rings. The van der Waals surface area contributed by atoms with Crippen molar-refractivity contribution < 1.29 is 33.7 Å². The third-order valence-corrected chi connectivity index (χ3v) is 8.28. The summed E-state index contributed by atoms with van der Waals surface area (Å²) in [5.41, 5.74) is -1.21. The van der Waals surface area contributed by atoms with Crippen LogP contribution in [0.15, 0.2) is 24.3 Å². The molecule has 0 radical (unpaired) electrons. The van der Waals surface area contributed by atoms with Gasteiger partial charge in [0.25, 0.3) is 0 Å². The molecule has 0 aliphatic carbocycles. The zero-order chi connectivity index (χ0) is 25.8. The van der Waals surface area contributed by atoms with Crippen LogP contribution in [0.2, 0.25) is 0 Å². The van der Waals surface area contributed by atoms with Gasteiger partial charge in [-0.2, -0.15) is 0 Å². The third kappa shape index (κ3) is 5.08. The van der Waals surface area contributed by atoms with Gasteiger partial charge in [0.15, 0.2) is 0 Å². The second-order valence-electron chi connectivity index (χ2n) is 10.5. The molecule has 1 N–H and O–H groups in total. The number of ether oxygens (including phenoxy) is 3. The van der Waals surface area contributed by atoms with E-state index in [0.717, 1.165) is 38.9 Å². The molecule has 2 amide bonds. The fourth-order valence-corrected chi connectivity index (χ4v) is 6.40. The van der Waals surface area contributed by atoms with Crippen molar-refractivity contribution >= 4 is 17.8 Å². The number of cyclic esters (lactones) is 1. The smallest absolute Gasteiger partial charge is 0.312 e. The topological polar surface area (TPSA) is 109 Å². The lowest BCUT2D eigenvalue weighted by molar-refractivity contribution is -0.154. The van der Waals surface area contributed by atoms with Gasteiger partial charge in [-0.15, -0.1) is 0 Å². The van der Waals surface area contributed by atoms with Crippen LogP contribution in [0.4, 0.5) is 0 Å². The Morgan fingerprint density at radius 1 is 0.973 bits per heavy atom. The number of aliphatic hydroxyl groups excluding tert-OH is 1. The van der Waals surface area contributed by atoms with Crippen LogP contribution < -0.4 is 0 Å². The summed E-state index contributed by atoms with van der Waals surface area (Å²) >= 11 is 0. The number of amides is 2. The summed E-state index contributed by atoms with van der Waals surface area (Å²) in [6.07, 6.45) is 10.6. The fourth-order valence-electron chi connectivity index (χ4n) is 6.40. The molecule has 0 aromatic carbocycles. The van der Waals surface area contributed by atoms with Gasteiger partial charge >= 0.3 is 5.97 Å². The number of hydrogen-bond acceptors (Lipinski definition) is 8. The van der Waals surface area contributed by atoms with Gasteiger partial charge in [0, 0.05) is 45.9 Å². The molecule has 1 spiro atoms. The summed E-state index contributed by atoms with van der Waals surface area (Å²) in [7, 11) is 0. The van der Waals surface area contributed by atoms with Gasteiger partial charge in [-0.1, -0.05) is 24.3 Å². The molecule has 5 rings (SSSR count). The predicted molar refractivity (Wildman–Crippen MR) is 133 cm³/mol. The normalized spacial score (nSPS) is 35.2. The molecule has 37 heavy (non-hydrogen) atoms. The molecule has 10 nitrogen and oxygen atoms in total. The Balaban J connectivity index is 1.44. The molecule has 3 saturated heterocycles. The van der Waals surface area contributed by atoms with Crippen molar-refractivity contribution in [2.45, 2.75) is 49.9 Å². The average molecular weight is 518 g/mol. The van der Waals surface area contributed by atoms with Crippen molar-refractivity contribution in [1.82, 2.24) is 14.7 Å². The Morgan fingerprint density at radius 2 is 1.81 bits per heavy atom. The highest BCUT2D eigenvalue weighted by atomic mass is 16.6. The maximum absolute atomic E-state index is 14.2. The van der Waals surface area contributed by atoms with E-state index in [4.69, 9.17) is 14.2 Å². The molecular weight excluding hydrogens is 478 g/mol. The lowest BCUT2D eigenvalue weighted by Crippen LogP contribution is -2.56. The van der Waals surface area contributed by atoms with Crippen LogP contribution in [-0.4, -0.2) is 121 Å². The van der Waals surface area contributed by atoms with Crippen molar-refractivity contribution in [3.63, 3.8) is 0 Å². The molecule has 0 saturated carbocycles. The Kier molecular flexibility index (Phi) is 8.28. The minimum atomic E-state index is -1.21. The highest BCUT2D eigenvalue weighted by Gasteiger charge is 2.71. The van der Waals surface area contributed by atoms with E-state index in [0.29, 0.717) is 52.3 Å². The Morgan fingerprint density at radius 3 is 2.62 bits per heavy atom. The molecule has 5 aliphatic heterocycles. The zero-order valence-electron chi connectivity index (χ0n) is 21.5. The van der Waals surface area contributed by atoms with E-state index in [1.807, 2.05) is 29.2 Å². The van der Waals surface area contributed by atoms with Gasteiger partial charge in [0.2, 0.25) is 11.8 Å². The largest absolute Gasteiger partial charge is 0.465 e. The van der Waals surface area contributed by atoms with E-state index in [9.17, 15) is 19.5 Å². The summed E-state index contributed by atoms with van der Waals surface area (Å²) in [6, 6.07) is -0.834. The van der Waals surface area contributed by atoms with E-state index in [2.05, 4.69) is 4.90 Å². The number of allylic oxidation sites excluding steroid dienone is 1. The number of nitrogens with zero attached hydrogens (tertiary/aromatic N) is 3. The van der Waals surface area contributed by atoms with E-state index in [1.165, 1.54) is 0 Å². The predicted octanol–water partition coefficient (Wildman–Crippen LogP) is 0.354. The van der Waals surface area contributed by atoms with Crippen LogP contribution in [0.3, 0.4) is 0 Å². The molecule has 0 bridgehead atoms. The molecule has 5 heterocycles. The van der Waals surface area contributed by atoms with E-state index in [1.54, 1.807) is 4.90 Å². The van der Waals surface area contributed by atoms with Crippen LogP contribution >= 0.6 is 0 Å². The molecule has 10 heteroatoms. The Labute approximate surface area is 218 Å². The first-order valence-electron chi connectivity index (χ1n) is 13.8. The first kappa shape index (κ1) is 26.3. The second-order valence-corrected chi connectivity index (χ2v) is 10.5. The van der Waals surface area contributed by atoms with E-state index in [-0.39, 0.29) is 18.4 Å². The first-order chi connectivity index (χ1) is 18.1. The molecule has 0 aromatic heterocycles. The summed E-state index contributed by atoms with van der Waals surface area (Å²) in [5, 5.41) is 9.20. The van der Waals surface area contributed by atoms with Crippen LogP contribution in [0.25, 0.3) is 0 Å². The van der Waals surface area contributed by atoms with Crippen molar-refractivity contribution in [3.05, 3.63) is 24.3 Å². The highest BCUT2D eigenvalue weighted by Crippen LogP contribution is 2.53. The number of rotatable bonds is 8. The standard InChI is InChI=1S/C27H39N3O7/c31-16-5-2-4-11-30-23-25(33)29(13-12-28-14-18-35-19-15-28)10-7-9-27(23)22(24(30)32)21-20(37-27)8-3-1-6-17-36-26(21)34/h3,7-9,20-23,31H,1-2,4-6,10-19H2/b8-3-/t20-,21+,22+,23?,27+/m1/s1. The number of unbranched alkanes of at least 4 members (excludes halogenated alkanes) is 2. The van der Waals surface area contributed by atoms with Gasteiger partial charge in [-0.25, -0.2) is 0 Å². The van der Waals surface area contributed by atoms with Crippen LogP contribution in [0.5, 0.6) is 0 Å². The average Bonchev–Trinajstić information content (AvgIpc) is 3.31. The minimum Gasteiger partial charge on any atom is -0.465 e. The summed E-state index contributed by atoms with van der Waals surface area (Å²) in [4.78, 5) is 47.1. The van der Waals surface area contributed by atoms with Crippen molar-refractivity contribution in [3.8, 4) is 0 Å². The summed E-state index contributed by atoms with van der Waals surface area (Å²) in [6.45, 7) is 5.54. The Hall–Kier alpha value is -2.27. The second kappa shape index (κ2) is 11.6. The fraction of sp³-hybridized carbons (Fsp3) is 0.741. The number of hydrogen-bond donors (Lipinski definition) is 1. The third-order valence-electron chi connectivity index (χ3n) is 8.28. The quantitative estimate of drug-likeness (QED) is 0.279. The first-order valence-corrected chi connectivity index (χ1v) is 13.8. The number of esters is 1. The van der Waals surface area contributed by atoms with Crippen LogP contribution in [0.1, 0.15) is 32.1 Å². The number of likely N-dealkylation sites (tertiary alicyclic amines) is 1. The van der Waals surface area contributed by atoms with E-state index >= 15 is 0 Å². The maximum atomic E-state index is 14.2. The molecule has 204 valence electrons. The van der Waals surface area contributed by atoms with Gasteiger partial charge in [-0.3, -0.25) is 19.3 Å². The van der Waals surface area contributed by atoms with Gasteiger partial charge in [0.1, 0.15) is 17.6 Å². The zero-order valence-corrected chi connectivity index (χ0v) is 21.5. The van der Waals surface area contributed by atoms with Crippen molar-refractivity contribution in [1.29, 1.82) is 0 Å². The SMILES string of the molecule is O=C1OCCC/C=C\[C@H]2O[C@]34C=CCN(CCN5CCOCC5)C(=O)C3N(CCCCCO)C(=O)[C@@H]4[C@@H]12. The number of fused-ring (bicyclic) bond motifs is 2. The molecular formula is C27H39N3O7. The number of carbonyl (C=O) groups is 3. The van der Waals surface area contributed by atoms with Crippen LogP contribution in [0, 0.1) is 11.8 Å². The Bertz CT molecular complexity index is 918. The highest BCUT2D eigenvalue weighted by molar-refractivity contribution is 5.99. The molecule has 5 atom stereocenters. The summed E-state index contributed by atoms with van der Waals surface area (Å²) < 4.78 is 17.6. The number of morpholine rings is 1. The van der Waals surface area contributed by atoms with Crippen LogP contribution in [-0.2, 0) is 28.6 Å². The van der Waals surface area contributed by atoms with Crippen molar-refractivity contribution in [2.75, 3.05) is 65.7 Å². The van der Waals surface area contributed by atoms with Crippen molar-refractivity contribution in [2.24, 2.45) is 11.8 Å². The lowest BCUT2D eigenvalue weighted by atomic mass is 9.78. The summed E-state index contributed by atoms with van der Waals surface area (Å²) in [5.74, 6) is -2.39. The monoisotopic (exact) mass is 517 g/mol. The maximum Gasteiger partial charge on any atom is 0.312 e. The number of carbonyl (C=O) groups excluding carboxylic acids is 3. The van der Waals surface area contributed by atoms with E-state index < -0.39 is 35.6 Å². The number of aliphatic hydroxyl groups is 1. The van der Waals surface area contributed by atoms with Gasteiger partial charge in [-0.05, 0) is 32.1 Å². The molecule has 3 fully saturated rings. The van der Waals surface area contributed by atoms with Gasteiger partial charge in [0.05, 0.1) is 31.8 Å². The molecule has 1 unspecified atom stereocenters. The minimum absolute atomic E-state index is 0.0893. The van der Waals surface area contributed by atoms with Gasteiger partial charge < -0.3 is 29.1 Å².